The van der Waals surface area contributed by atoms with Crippen LogP contribution in [0.5, 0.6) is 0 Å². The molecule has 3 N–H and O–H groups in total. The lowest BCUT2D eigenvalue weighted by molar-refractivity contribution is 0.168. The van der Waals surface area contributed by atoms with Crippen LogP contribution in [0.4, 0.5) is 5.82 Å². The molecule has 0 radical (unpaired) electrons. The van der Waals surface area contributed by atoms with E-state index in [1.54, 1.807) is 0 Å². The third-order valence-corrected chi connectivity index (χ3v) is 4.80. The number of aromatic nitrogens is 2. The Labute approximate surface area is 117 Å². The Balaban J connectivity index is 2.10. The molecular formula is C16H29N3. The molecule has 0 saturated heterocycles. The SMILES string of the molecule is CC(C)c1c(N)n[nH]c1C1CCC(C(C)(C)C)CC1. The van der Waals surface area contributed by atoms with Crippen molar-refractivity contribution in [1.29, 1.82) is 0 Å². The Morgan fingerprint density at radius 2 is 1.74 bits per heavy atom. The van der Waals surface area contributed by atoms with Crippen LogP contribution in [0.25, 0.3) is 0 Å². The zero-order valence-electron chi connectivity index (χ0n) is 13.1. The maximum atomic E-state index is 6.00. The molecule has 1 aliphatic carbocycles. The fraction of sp³-hybridized carbons (Fsp3) is 0.812. The monoisotopic (exact) mass is 263 g/mol. The van der Waals surface area contributed by atoms with Gasteiger partial charge in [0.1, 0.15) is 5.82 Å². The molecule has 1 aromatic heterocycles. The lowest BCUT2D eigenvalue weighted by Crippen LogP contribution is -2.25. The van der Waals surface area contributed by atoms with Gasteiger partial charge < -0.3 is 5.73 Å². The minimum Gasteiger partial charge on any atom is -0.382 e. The van der Waals surface area contributed by atoms with Crippen molar-refractivity contribution in [2.24, 2.45) is 11.3 Å². The van der Waals surface area contributed by atoms with Gasteiger partial charge in [-0.1, -0.05) is 34.6 Å². The van der Waals surface area contributed by atoms with Gasteiger partial charge in [-0.05, 0) is 42.9 Å². The number of H-pyrrole nitrogens is 1. The first-order valence-electron chi connectivity index (χ1n) is 7.64. The molecule has 19 heavy (non-hydrogen) atoms. The first kappa shape index (κ1) is 14.4. The molecule has 2 rings (SSSR count). The van der Waals surface area contributed by atoms with E-state index in [4.69, 9.17) is 5.73 Å². The van der Waals surface area contributed by atoms with Crippen LogP contribution in [0.1, 0.15) is 83.4 Å². The molecule has 0 amide bonds. The number of hydrogen-bond donors (Lipinski definition) is 2. The van der Waals surface area contributed by atoms with Crippen molar-refractivity contribution in [3.05, 3.63) is 11.3 Å². The summed E-state index contributed by atoms with van der Waals surface area (Å²) in [6.07, 6.45) is 5.18. The molecule has 0 spiro atoms. The van der Waals surface area contributed by atoms with E-state index in [0.29, 0.717) is 23.1 Å². The van der Waals surface area contributed by atoms with E-state index in [9.17, 15) is 0 Å². The average Bonchev–Trinajstić information content (AvgIpc) is 2.70. The molecule has 0 aliphatic heterocycles. The smallest absolute Gasteiger partial charge is 0.148 e. The number of anilines is 1. The van der Waals surface area contributed by atoms with Crippen molar-refractivity contribution in [3.8, 4) is 0 Å². The topological polar surface area (TPSA) is 54.7 Å². The molecule has 1 aliphatic rings. The number of nitrogens with one attached hydrogen (secondary N) is 1. The second kappa shape index (κ2) is 5.18. The Bertz CT molecular complexity index is 418. The van der Waals surface area contributed by atoms with Gasteiger partial charge in [-0.15, -0.1) is 0 Å². The van der Waals surface area contributed by atoms with Crippen LogP contribution in [0.3, 0.4) is 0 Å². The Morgan fingerprint density at radius 3 is 2.21 bits per heavy atom. The fourth-order valence-corrected chi connectivity index (χ4v) is 3.54. The van der Waals surface area contributed by atoms with Crippen LogP contribution >= 0.6 is 0 Å². The number of nitrogens with zero attached hydrogens (tertiary/aromatic N) is 1. The van der Waals surface area contributed by atoms with Crippen LogP contribution in [-0.2, 0) is 0 Å². The summed E-state index contributed by atoms with van der Waals surface area (Å²) in [6, 6.07) is 0. The summed E-state index contributed by atoms with van der Waals surface area (Å²) in [5.41, 5.74) is 9.00. The molecule has 0 atom stereocenters. The van der Waals surface area contributed by atoms with Gasteiger partial charge >= 0.3 is 0 Å². The van der Waals surface area contributed by atoms with Crippen LogP contribution < -0.4 is 5.73 Å². The molecule has 1 aromatic rings. The molecule has 3 heteroatoms. The summed E-state index contributed by atoms with van der Waals surface area (Å²) in [6.45, 7) is 11.5. The summed E-state index contributed by atoms with van der Waals surface area (Å²) >= 11 is 0. The molecular weight excluding hydrogens is 234 g/mol. The van der Waals surface area contributed by atoms with Crippen LogP contribution in [0.15, 0.2) is 0 Å². The first-order valence-corrected chi connectivity index (χ1v) is 7.64. The van der Waals surface area contributed by atoms with Gasteiger partial charge in [-0.3, -0.25) is 5.10 Å². The molecule has 0 aromatic carbocycles. The van der Waals surface area contributed by atoms with Crippen LogP contribution in [-0.4, -0.2) is 10.2 Å². The predicted octanol–water partition coefficient (Wildman–Crippen LogP) is 4.44. The van der Waals surface area contributed by atoms with Gasteiger partial charge in [0.05, 0.1) is 0 Å². The van der Waals surface area contributed by atoms with E-state index in [1.807, 2.05) is 0 Å². The number of nitrogens with two attached hydrogens (primary N) is 1. The van der Waals surface area contributed by atoms with Crippen molar-refractivity contribution < 1.29 is 0 Å². The van der Waals surface area contributed by atoms with E-state index in [2.05, 4.69) is 44.8 Å². The van der Waals surface area contributed by atoms with Crippen molar-refractivity contribution in [1.82, 2.24) is 10.2 Å². The minimum atomic E-state index is 0.443. The van der Waals surface area contributed by atoms with E-state index >= 15 is 0 Å². The van der Waals surface area contributed by atoms with Gasteiger partial charge in [0, 0.05) is 17.2 Å². The molecule has 0 bridgehead atoms. The summed E-state index contributed by atoms with van der Waals surface area (Å²) < 4.78 is 0. The van der Waals surface area contributed by atoms with Gasteiger partial charge in [0.25, 0.3) is 0 Å². The second-order valence-electron chi connectivity index (χ2n) is 7.51. The first-order chi connectivity index (χ1) is 8.80. The van der Waals surface area contributed by atoms with Crippen LogP contribution in [0, 0.1) is 11.3 Å². The average molecular weight is 263 g/mol. The van der Waals surface area contributed by atoms with E-state index in [-0.39, 0.29) is 0 Å². The molecule has 1 saturated carbocycles. The highest BCUT2D eigenvalue weighted by Gasteiger charge is 2.32. The Kier molecular flexibility index (Phi) is 3.93. The van der Waals surface area contributed by atoms with Crippen LogP contribution in [0.2, 0.25) is 0 Å². The van der Waals surface area contributed by atoms with E-state index in [1.165, 1.54) is 36.9 Å². The third kappa shape index (κ3) is 2.96. The molecule has 1 fully saturated rings. The number of hydrogen-bond acceptors (Lipinski definition) is 2. The van der Waals surface area contributed by atoms with Gasteiger partial charge in [0.15, 0.2) is 0 Å². The van der Waals surface area contributed by atoms with Gasteiger partial charge in [0.2, 0.25) is 0 Å². The largest absolute Gasteiger partial charge is 0.382 e. The normalized spacial score (nSPS) is 24.9. The highest BCUT2D eigenvalue weighted by atomic mass is 15.2. The number of aromatic amines is 1. The van der Waals surface area contributed by atoms with Crippen molar-refractivity contribution in [3.63, 3.8) is 0 Å². The summed E-state index contributed by atoms with van der Waals surface area (Å²) in [7, 11) is 0. The second-order valence-corrected chi connectivity index (χ2v) is 7.51. The standard InChI is InChI=1S/C16H29N3/c1-10(2)13-14(18-19-15(13)17)11-6-8-12(9-7-11)16(3,4)5/h10-12H,6-9H2,1-5H3,(H3,17,18,19). The Hall–Kier alpha value is -0.990. The maximum Gasteiger partial charge on any atom is 0.148 e. The third-order valence-electron chi connectivity index (χ3n) is 4.80. The molecule has 3 nitrogen and oxygen atoms in total. The molecule has 108 valence electrons. The highest BCUT2D eigenvalue weighted by molar-refractivity contribution is 5.45. The summed E-state index contributed by atoms with van der Waals surface area (Å²) in [4.78, 5) is 0. The maximum absolute atomic E-state index is 6.00. The Morgan fingerprint density at radius 1 is 1.16 bits per heavy atom. The van der Waals surface area contributed by atoms with Gasteiger partial charge in [-0.2, -0.15) is 5.10 Å². The fourth-order valence-electron chi connectivity index (χ4n) is 3.54. The lowest BCUT2D eigenvalue weighted by Gasteiger charge is -2.37. The summed E-state index contributed by atoms with van der Waals surface area (Å²) in [5.74, 6) is 2.63. The van der Waals surface area contributed by atoms with Crippen molar-refractivity contribution in [2.45, 2.75) is 72.1 Å². The zero-order chi connectivity index (χ0) is 14.2. The number of rotatable bonds is 2. The summed E-state index contributed by atoms with van der Waals surface area (Å²) in [5, 5.41) is 7.44. The zero-order valence-corrected chi connectivity index (χ0v) is 13.1. The number of nitrogen functional groups attached to an aromatic ring is 1. The van der Waals surface area contributed by atoms with Gasteiger partial charge in [-0.25, -0.2) is 0 Å². The van der Waals surface area contributed by atoms with E-state index < -0.39 is 0 Å². The lowest BCUT2D eigenvalue weighted by atomic mass is 9.69. The quantitative estimate of drug-likeness (QED) is 0.829. The minimum absolute atomic E-state index is 0.443. The molecule has 1 heterocycles. The molecule has 0 unspecified atom stereocenters. The van der Waals surface area contributed by atoms with Crippen molar-refractivity contribution >= 4 is 5.82 Å². The predicted molar refractivity (Wildman–Crippen MR) is 81.2 cm³/mol. The van der Waals surface area contributed by atoms with Crippen molar-refractivity contribution in [2.75, 3.05) is 5.73 Å². The van der Waals surface area contributed by atoms with E-state index in [0.717, 1.165) is 5.92 Å². The highest BCUT2D eigenvalue weighted by Crippen LogP contribution is 2.44.